The zero-order valence-corrected chi connectivity index (χ0v) is 13.9. The highest BCUT2D eigenvalue weighted by Gasteiger charge is 1.97. The summed E-state index contributed by atoms with van der Waals surface area (Å²) in [7, 11) is 0. The highest BCUT2D eigenvalue weighted by Crippen LogP contribution is 2.10. The van der Waals surface area contributed by atoms with E-state index >= 15 is 0 Å². The molecule has 0 saturated heterocycles. The summed E-state index contributed by atoms with van der Waals surface area (Å²) in [5, 5.41) is 3.26. The first kappa shape index (κ1) is 18.7. The van der Waals surface area contributed by atoms with Gasteiger partial charge in [-0.1, -0.05) is 64.7 Å². The molecule has 22 heavy (non-hydrogen) atoms. The molecule has 0 unspecified atom stereocenters. The molecule has 5 heteroatoms. The van der Waals surface area contributed by atoms with Crippen LogP contribution in [0.25, 0.3) is 0 Å². The normalized spacial score (nSPS) is 11.0. The third-order valence-electron chi connectivity index (χ3n) is 3.84. The van der Waals surface area contributed by atoms with E-state index in [1.807, 2.05) is 0 Å². The molecule has 0 aromatic carbocycles. The molecule has 0 aliphatic carbocycles. The zero-order chi connectivity index (χ0) is 16.0. The summed E-state index contributed by atoms with van der Waals surface area (Å²) in [6.07, 6.45) is 13.3. The largest absolute Gasteiger partial charge is 0.325 e. The van der Waals surface area contributed by atoms with Crippen LogP contribution in [0.3, 0.4) is 0 Å². The topological polar surface area (TPSA) is 77.8 Å². The summed E-state index contributed by atoms with van der Waals surface area (Å²) < 4.78 is 0. The van der Waals surface area contributed by atoms with Gasteiger partial charge in [0, 0.05) is 18.3 Å². The molecule has 5 nitrogen and oxygen atoms in total. The fourth-order valence-electron chi connectivity index (χ4n) is 2.58. The van der Waals surface area contributed by atoms with Crippen LogP contribution in [0.15, 0.2) is 15.7 Å². The van der Waals surface area contributed by atoms with Crippen LogP contribution in [0, 0.1) is 0 Å². The number of unbranched alkanes of at least 4 members (excludes halogenated alkanes) is 9. The van der Waals surface area contributed by atoms with Crippen molar-refractivity contribution in [1.29, 1.82) is 0 Å². The lowest BCUT2D eigenvalue weighted by Gasteiger charge is -2.05. The summed E-state index contributed by atoms with van der Waals surface area (Å²) in [5.74, 6) is 0. The second kappa shape index (κ2) is 12.2. The number of hydrogen-bond acceptors (Lipinski definition) is 3. The highest BCUT2D eigenvalue weighted by atomic mass is 16.2. The van der Waals surface area contributed by atoms with Gasteiger partial charge in [-0.2, -0.15) is 0 Å². The number of rotatable bonds is 13. The quantitative estimate of drug-likeness (QED) is 0.490. The minimum absolute atomic E-state index is 0.348. The van der Waals surface area contributed by atoms with Crippen molar-refractivity contribution in [2.75, 3.05) is 6.54 Å². The van der Waals surface area contributed by atoms with Crippen LogP contribution in [0.2, 0.25) is 0 Å². The van der Waals surface area contributed by atoms with E-state index in [9.17, 15) is 9.59 Å². The predicted octanol–water partition coefficient (Wildman–Crippen LogP) is 3.07. The predicted molar refractivity (Wildman–Crippen MR) is 91.2 cm³/mol. The smallest absolute Gasteiger partial charge is 0.311 e. The van der Waals surface area contributed by atoms with E-state index in [-0.39, 0.29) is 5.56 Å². The molecule has 1 aromatic heterocycles. The molecule has 0 radical (unpaired) electrons. The van der Waals surface area contributed by atoms with E-state index in [4.69, 9.17) is 0 Å². The molecule has 0 spiro atoms. The molecule has 3 N–H and O–H groups in total. The molecule has 0 amide bonds. The van der Waals surface area contributed by atoms with Gasteiger partial charge >= 0.3 is 5.69 Å². The standard InChI is InChI=1S/C17H31N3O2/c1-2-3-4-5-6-7-8-9-10-11-12-18-14-15-13-16(21)20-17(22)19-15/h13,18H,2-12,14H2,1H3,(H2,19,20,21,22). The van der Waals surface area contributed by atoms with Gasteiger partial charge in [0.2, 0.25) is 0 Å². The van der Waals surface area contributed by atoms with Gasteiger partial charge in [0.1, 0.15) is 0 Å². The van der Waals surface area contributed by atoms with Crippen molar-refractivity contribution in [2.24, 2.45) is 0 Å². The average Bonchev–Trinajstić information content (AvgIpc) is 2.47. The molecule has 0 fully saturated rings. The Bertz CT molecular complexity index is 465. The van der Waals surface area contributed by atoms with Crippen LogP contribution < -0.4 is 16.6 Å². The van der Waals surface area contributed by atoms with Crippen molar-refractivity contribution in [2.45, 2.75) is 77.7 Å². The van der Waals surface area contributed by atoms with Gasteiger partial charge in [0.15, 0.2) is 0 Å². The maximum atomic E-state index is 11.1. The fraction of sp³-hybridized carbons (Fsp3) is 0.765. The maximum Gasteiger partial charge on any atom is 0.325 e. The molecule has 0 aliphatic heterocycles. The van der Waals surface area contributed by atoms with E-state index in [1.165, 1.54) is 63.9 Å². The summed E-state index contributed by atoms with van der Waals surface area (Å²) in [4.78, 5) is 27.0. The van der Waals surface area contributed by atoms with Gasteiger partial charge in [-0.25, -0.2) is 4.79 Å². The van der Waals surface area contributed by atoms with Crippen LogP contribution in [-0.4, -0.2) is 16.5 Å². The molecule has 0 atom stereocenters. The van der Waals surface area contributed by atoms with Crippen molar-refractivity contribution < 1.29 is 0 Å². The number of aromatic nitrogens is 2. The van der Waals surface area contributed by atoms with Gasteiger partial charge in [0.25, 0.3) is 5.56 Å². The van der Waals surface area contributed by atoms with Gasteiger partial charge < -0.3 is 10.3 Å². The summed E-state index contributed by atoms with van der Waals surface area (Å²) in [6, 6.07) is 1.42. The lowest BCUT2D eigenvalue weighted by atomic mass is 10.1. The molecule has 1 heterocycles. The maximum absolute atomic E-state index is 11.1. The third-order valence-corrected chi connectivity index (χ3v) is 3.84. The lowest BCUT2D eigenvalue weighted by Crippen LogP contribution is -2.26. The molecular formula is C17H31N3O2. The Morgan fingerprint density at radius 2 is 1.45 bits per heavy atom. The summed E-state index contributed by atoms with van der Waals surface area (Å²) in [6.45, 7) is 3.71. The first-order valence-corrected chi connectivity index (χ1v) is 8.75. The second-order valence-corrected chi connectivity index (χ2v) is 5.97. The van der Waals surface area contributed by atoms with E-state index in [0.29, 0.717) is 12.2 Å². The monoisotopic (exact) mass is 309 g/mol. The molecule has 126 valence electrons. The Balaban J connectivity index is 1.91. The zero-order valence-electron chi connectivity index (χ0n) is 13.9. The highest BCUT2D eigenvalue weighted by molar-refractivity contribution is 4.97. The van der Waals surface area contributed by atoms with Crippen LogP contribution in [0.1, 0.15) is 76.8 Å². The van der Waals surface area contributed by atoms with E-state index in [1.54, 1.807) is 0 Å². The lowest BCUT2D eigenvalue weighted by molar-refractivity contribution is 0.542. The Morgan fingerprint density at radius 3 is 2.05 bits per heavy atom. The third kappa shape index (κ3) is 9.55. The Hall–Kier alpha value is -1.36. The van der Waals surface area contributed by atoms with Crippen molar-refractivity contribution in [3.63, 3.8) is 0 Å². The average molecular weight is 309 g/mol. The molecular weight excluding hydrogens is 278 g/mol. The second-order valence-electron chi connectivity index (χ2n) is 5.97. The summed E-state index contributed by atoms with van der Waals surface area (Å²) in [5.41, 5.74) is -0.149. The van der Waals surface area contributed by atoms with E-state index in [0.717, 1.165) is 13.0 Å². The van der Waals surface area contributed by atoms with Crippen molar-refractivity contribution in [3.05, 3.63) is 32.6 Å². The van der Waals surface area contributed by atoms with Crippen LogP contribution >= 0.6 is 0 Å². The van der Waals surface area contributed by atoms with Crippen molar-refractivity contribution in [1.82, 2.24) is 15.3 Å². The minimum Gasteiger partial charge on any atom is -0.311 e. The Kier molecular flexibility index (Phi) is 10.4. The number of hydrogen-bond donors (Lipinski definition) is 3. The number of aromatic amines is 2. The van der Waals surface area contributed by atoms with E-state index < -0.39 is 5.69 Å². The first-order chi connectivity index (χ1) is 10.7. The SMILES string of the molecule is CCCCCCCCCCCCNCc1cc(=O)[nH]c(=O)[nH]1. The van der Waals surface area contributed by atoms with Gasteiger partial charge in [-0.15, -0.1) is 0 Å². The van der Waals surface area contributed by atoms with E-state index in [2.05, 4.69) is 22.2 Å². The minimum atomic E-state index is -0.441. The van der Waals surface area contributed by atoms with Crippen molar-refractivity contribution >= 4 is 0 Å². The number of nitrogens with one attached hydrogen (secondary N) is 3. The van der Waals surface area contributed by atoms with Crippen LogP contribution in [0.5, 0.6) is 0 Å². The molecule has 0 bridgehead atoms. The van der Waals surface area contributed by atoms with Crippen LogP contribution in [-0.2, 0) is 6.54 Å². The Morgan fingerprint density at radius 1 is 0.864 bits per heavy atom. The number of H-pyrrole nitrogens is 2. The molecule has 1 rings (SSSR count). The van der Waals surface area contributed by atoms with Gasteiger partial charge in [0.05, 0.1) is 0 Å². The molecule has 0 saturated carbocycles. The Labute approximate surface area is 132 Å². The van der Waals surface area contributed by atoms with Crippen LogP contribution in [0.4, 0.5) is 0 Å². The summed E-state index contributed by atoms with van der Waals surface area (Å²) >= 11 is 0. The van der Waals surface area contributed by atoms with Gasteiger partial charge in [-0.05, 0) is 13.0 Å². The molecule has 1 aromatic rings. The first-order valence-electron chi connectivity index (χ1n) is 8.75. The fourth-order valence-corrected chi connectivity index (χ4v) is 2.58. The van der Waals surface area contributed by atoms with Gasteiger partial charge in [-0.3, -0.25) is 9.78 Å². The molecule has 0 aliphatic rings. The van der Waals surface area contributed by atoms with Crippen molar-refractivity contribution in [3.8, 4) is 0 Å².